The van der Waals surface area contributed by atoms with E-state index in [0.29, 0.717) is 50.3 Å². The maximum absolute atomic E-state index is 12.9. The monoisotopic (exact) mass is 431 g/mol. The number of nitrogens with one attached hydrogen (secondary N) is 1. The lowest BCUT2D eigenvalue weighted by Crippen LogP contribution is -2.35. The van der Waals surface area contributed by atoms with Gasteiger partial charge in [0.1, 0.15) is 11.3 Å². The number of aryl methyl sites for hydroxylation is 1. The van der Waals surface area contributed by atoms with Crippen molar-refractivity contribution in [3.8, 4) is 0 Å². The summed E-state index contributed by atoms with van der Waals surface area (Å²) in [6.07, 6.45) is 5.38. The Morgan fingerprint density at radius 2 is 2.00 bits per heavy atom. The van der Waals surface area contributed by atoms with Crippen molar-refractivity contribution in [3.05, 3.63) is 42.4 Å². The van der Waals surface area contributed by atoms with E-state index >= 15 is 0 Å². The topological polar surface area (TPSA) is 110 Å². The third kappa shape index (κ3) is 4.54. The van der Waals surface area contributed by atoms with Gasteiger partial charge >= 0.3 is 0 Å². The van der Waals surface area contributed by atoms with Gasteiger partial charge in [0.05, 0.1) is 23.2 Å². The van der Waals surface area contributed by atoms with E-state index in [-0.39, 0.29) is 10.8 Å². The van der Waals surface area contributed by atoms with Gasteiger partial charge in [-0.3, -0.25) is 4.79 Å². The normalized spacial score (nSPS) is 15.5. The van der Waals surface area contributed by atoms with Crippen molar-refractivity contribution in [2.75, 3.05) is 13.1 Å². The lowest BCUT2D eigenvalue weighted by atomic mass is 10.2. The first-order valence-electron chi connectivity index (χ1n) is 10.2. The first-order valence-corrected chi connectivity index (χ1v) is 11.6. The summed E-state index contributed by atoms with van der Waals surface area (Å²) in [5, 5.41) is 11.1. The molecule has 1 saturated heterocycles. The molecule has 4 rings (SSSR count). The summed E-state index contributed by atoms with van der Waals surface area (Å²) in [5.74, 6) is 0.645. The van der Waals surface area contributed by atoms with Crippen LogP contribution in [0.5, 0.6) is 0 Å². The molecule has 0 unspecified atom stereocenters. The van der Waals surface area contributed by atoms with E-state index in [0.717, 1.165) is 24.8 Å². The van der Waals surface area contributed by atoms with Gasteiger partial charge < -0.3 is 9.73 Å². The quantitative estimate of drug-likeness (QED) is 0.586. The van der Waals surface area contributed by atoms with Crippen LogP contribution in [-0.4, -0.2) is 46.7 Å². The number of hydrogen-bond acceptors (Lipinski definition) is 6. The van der Waals surface area contributed by atoms with Gasteiger partial charge in [-0.2, -0.15) is 4.31 Å². The van der Waals surface area contributed by atoms with Crippen LogP contribution >= 0.6 is 0 Å². The van der Waals surface area contributed by atoms with E-state index in [9.17, 15) is 13.2 Å². The maximum atomic E-state index is 12.9. The zero-order valence-corrected chi connectivity index (χ0v) is 17.5. The highest BCUT2D eigenvalue weighted by atomic mass is 32.2. The predicted molar refractivity (Wildman–Crippen MR) is 110 cm³/mol. The molecule has 1 aliphatic heterocycles. The molecule has 9 nitrogen and oxygen atoms in total. The Kier molecular flexibility index (Phi) is 6.14. The highest BCUT2D eigenvalue weighted by molar-refractivity contribution is 7.89. The van der Waals surface area contributed by atoms with Gasteiger partial charge in [0.25, 0.3) is 0 Å². The number of amides is 1. The van der Waals surface area contributed by atoms with Crippen LogP contribution in [0.4, 0.5) is 0 Å². The number of rotatable bonds is 8. The summed E-state index contributed by atoms with van der Waals surface area (Å²) in [4.78, 5) is 12.2. The molecule has 0 aliphatic carbocycles. The number of aromatic nitrogens is 3. The molecular formula is C20H25N5O4S. The largest absolute Gasteiger partial charge is 0.467 e. The Labute approximate surface area is 175 Å². The molecule has 2 aromatic heterocycles. The summed E-state index contributed by atoms with van der Waals surface area (Å²) < 4.78 is 34.1. The van der Waals surface area contributed by atoms with Crippen LogP contribution in [0, 0.1) is 0 Å². The predicted octanol–water partition coefficient (Wildman–Crippen LogP) is 2.30. The fraction of sp³-hybridized carbons (Fsp3) is 0.450. The zero-order chi connectivity index (χ0) is 21.0. The van der Waals surface area contributed by atoms with Crippen LogP contribution in [0.15, 0.2) is 45.9 Å². The summed E-state index contributed by atoms with van der Waals surface area (Å²) in [5.41, 5.74) is 1.29. The molecule has 0 spiro atoms. The Hall–Kier alpha value is -2.72. The molecule has 10 heteroatoms. The molecule has 1 N–H and O–H groups in total. The van der Waals surface area contributed by atoms with E-state index < -0.39 is 10.0 Å². The molecule has 1 fully saturated rings. The van der Waals surface area contributed by atoms with Gasteiger partial charge in [0, 0.05) is 26.1 Å². The Bertz CT molecular complexity index is 1100. The van der Waals surface area contributed by atoms with Crippen LogP contribution in [0.1, 0.15) is 37.9 Å². The second-order valence-corrected chi connectivity index (χ2v) is 9.33. The minimum atomic E-state index is -3.50. The number of fused-ring (bicyclic) bond motifs is 1. The van der Waals surface area contributed by atoms with Crippen LogP contribution in [0.3, 0.4) is 0 Å². The molecule has 0 bridgehead atoms. The number of carbonyl (C=O) groups is 1. The molecular weight excluding hydrogens is 406 g/mol. The molecule has 3 aromatic rings. The average Bonchev–Trinajstić information content (AvgIpc) is 3.42. The first-order chi connectivity index (χ1) is 14.5. The number of nitrogens with zero attached hydrogens (tertiary/aromatic N) is 4. The van der Waals surface area contributed by atoms with E-state index in [1.807, 2.05) is 6.07 Å². The smallest absolute Gasteiger partial charge is 0.243 e. The number of hydrogen-bond donors (Lipinski definition) is 1. The highest BCUT2D eigenvalue weighted by Crippen LogP contribution is 2.23. The molecule has 0 radical (unpaired) electrons. The molecule has 0 atom stereocenters. The van der Waals surface area contributed by atoms with Gasteiger partial charge in [-0.15, -0.1) is 5.10 Å². The maximum Gasteiger partial charge on any atom is 0.243 e. The molecule has 1 aliphatic rings. The number of sulfonamides is 1. The van der Waals surface area contributed by atoms with Crippen LogP contribution in [0.2, 0.25) is 0 Å². The molecule has 3 heterocycles. The fourth-order valence-electron chi connectivity index (χ4n) is 3.61. The van der Waals surface area contributed by atoms with Crippen molar-refractivity contribution in [2.45, 2.75) is 50.1 Å². The number of carbonyl (C=O) groups excluding carboxylic acids is 1. The second kappa shape index (κ2) is 8.97. The van der Waals surface area contributed by atoms with Crippen molar-refractivity contribution < 1.29 is 17.6 Å². The molecule has 0 saturated carbocycles. The van der Waals surface area contributed by atoms with Crippen molar-refractivity contribution in [1.29, 1.82) is 0 Å². The molecule has 160 valence electrons. The second-order valence-electron chi connectivity index (χ2n) is 7.39. The summed E-state index contributed by atoms with van der Waals surface area (Å²) in [7, 11) is -3.50. The van der Waals surface area contributed by atoms with Gasteiger partial charge in [0.2, 0.25) is 15.9 Å². The first kappa shape index (κ1) is 20.5. The standard InChI is InChI=1S/C20H25N5O4S/c26-20(21-15-16-6-5-13-29-16)7-4-12-25-19-9-8-17(14-18(19)22-23-25)30(27,28)24-10-2-1-3-11-24/h5-6,8-9,13-14H,1-4,7,10-12,15H2,(H,21,26). The third-order valence-electron chi connectivity index (χ3n) is 5.25. The molecule has 1 aromatic carbocycles. The van der Waals surface area contributed by atoms with Crippen LogP contribution in [0.25, 0.3) is 11.0 Å². The summed E-state index contributed by atoms with van der Waals surface area (Å²) in [6, 6.07) is 8.52. The number of piperidine rings is 1. The molecule has 1 amide bonds. The van der Waals surface area contributed by atoms with E-state index in [1.54, 1.807) is 39.5 Å². The van der Waals surface area contributed by atoms with E-state index in [4.69, 9.17) is 4.42 Å². The minimum Gasteiger partial charge on any atom is -0.467 e. The Morgan fingerprint density at radius 1 is 1.17 bits per heavy atom. The Morgan fingerprint density at radius 3 is 2.77 bits per heavy atom. The highest BCUT2D eigenvalue weighted by Gasteiger charge is 2.26. The van der Waals surface area contributed by atoms with Crippen molar-refractivity contribution in [1.82, 2.24) is 24.6 Å². The van der Waals surface area contributed by atoms with Crippen molar-refractivity contribution >= 4 is 27.0 Å². The van der Waals surface area contributed by atoms with Gasteiger partial charge in [-0.1, -0.05) is 11.6 Å². The van der Waals surface area contributed by atoms with Gasteiger partial charge in [-0.05, 0) is 49.6 Å². The van der Waals surface area contributed by atoms with Crippen LogP contribution in [-0.2, 0) is 27.9 Å². The SMILES string of the molecule is O=C(CCCn1nnc2cc(S(=O)(=O)N3CCCCC3)ccc21)NCc1ccco1. The third-order valence-corrected chi connectivity index (χ3v) is 7.15. The van der Waals surface area contributed by atoms with Gasteiger partial charge in [0.15, 0.2) is 0 Å². The lowest BCUT2D eigenvalue weighted by Gasteiger charge is -2.25. The van der Waals surface area contributed by atoms with Crippen molar-refractivity contribution in [3.63, 3.8) is 0 Å². The fourth-order valence-corrected chi connectivity index (χ4v) is 5.15. The summed E-state index contributed by atoms with van der Waals surface area (Å²) in [6.45, 7) is 2.01. The molecule has 30 heavy (non-hydrogen) atoms. The lowest BCUT2D eigenvalue weighted by molar-refractivity contribution is -0.121. The summed E-state index contributed by atoms with van der Waals surface area (Å²) >= 11 is 0. The van der Waals surface area contributed by atoms with E-state index in [2.05, 4.69) is 15.6 Å². The van der Waals surface area contributed by atoms with E-state index in [1.165, 1.54) is 0 Å². The average molecular weight is 432 g/mol. The zero-order valence-electron chi connectivity index (χ0n) is 16.7. The van der Waals surface area contributed by atoms with Crippen LogP contribution < -0.4 is 5.32 Å². The minimum absolute atomic E-state index is 0.0641. The number of furan rings is 1. The van der Waals surface area contributed by atoms with Gasteiger partial charge in [-0.25, -0.2) is 13.1 Å². The number of benzene rings is 1. The van der Waals surface area contributed by atoms with Crippen molar-refractivity contribution in [2.24, 2.45) is 0 Å². The Balaban J connectivity index is 1.36.